The Hall–Kier alpha value is -1.72. The summed E-state index contributed by atoms with van der Waals surface area (Å²) in [4.78, 5) is 13.0. The number of aliphatic hydroxyl groups excluding tert-OH is 5. The predicted molar refractivity (Wildman–Crippen MR) is 228 cm³/mol. The summed E-state index contributed by atoms with van der Waals surface area (Å²) in [6.07, 6.45) is 28.5. The van der Waals surface area contributed by atoms with Gasteiger partial charge in [0.1, 0.15) is 30.5 Å². The lowest BCUT2D eigenvalue weighted by Gasteiger charge is -2.41. The van der Waals surface area contributed by atoms with Gasteiger partial charge in [0.25, 0.3) is 0 Å². The molecule has 1 aliphatic rings. The Morgan fingerprint density at radius 1 is 0.690 bits per heavy atom. The second kappa shape index (κ2) is 34.9. The maximum absolute atomic E-state index is 13.0. The molecule has 7 N–H and O–H groups in total. The first-order chi connectivity index (χ1) is 27.9. The minimum absolute atomic E-state index is 0.151. The molecule has 14 heteroatoms. The van der Waals surface area contributed by atoms with Gasteiger partial charge in [-0.2, -0.15) is 8.42 Å². The zero-order chi connectivity index (χ0) is 42.9. The number of allylic oxidation sites excluding steroid dienone is 5. The SMILES string of the molecule is CCCCCC/C=C\CCC(O)C(=O)NC(COC1OC(CO)C(O)C(OS(=O)(=O)O)C1O)C(O)/C=C/CC/C=C/CCCCCCCCCCCCCCCCC. The Bertz CT molecular complexity index is 1200. The van der Waals surface area contributed by atoms with Crippen LogP contribution in [0.1, 0.15) is 174 Å². The van der Waals surface area contributed by atoms with Gasteiger partial charge >= 0.3 is 10.4 Å². The van der Waals surface area contributed by atoms with Gasteiger partial charge in [0.15, 0.2) is 6.29 Å². The van der Waals surface area contributed by atoms with E-state index < -0.39 is 78.5 Å². The van der Waals surface area contributed by atoms with E-state index in [-0.39, 0.29) is 6.42 Å². The van der Waals surface area contributed by atoms with Crippen molar-refractivity contribution in [3.05, 3.63) is 36.5 Å². The van der Waals surface area contributed by atoms with Crippen molar-refractivity contribution in [1.82, 2.24) is 5.32 Å². The van der Waals surface area contributed by atoms with Crippen molar-refractivity contribution >= 4 is 16.3 Å². The van der Waals surface area contributed by atoms with Crippen LogP contribution in [0.3, 0.4) is 0 Å². The summed E-state index contributed by atoms with van der Waals surface area (Å²) < 4.78 is 47.3. The predicted octanol–water partition coefficient (Wildman–Crippen LogP) is 7.30. The van der Waals surface area contributed by atoms with Crippen LogP contribution in [0.5, 0.6) is 0 Å². The molecule has 0 bridgehead atoms. The summed E-state index contributed by atoms with van der Waals surface area (Å²) in [7, 11) is -5.12. The normalized spacial score (nSPS) is 22.0. The van der Waals surface area contributed by atoms with Gasteiger partial charge in [-0.3, -0.25) is 9.35 Å². The first-order valence-electron chi connectivity index (χ1n) is 22.5. The van der Waals surface area contributed by atoms with Crippen LogP contribution in [-0.4, -0.2) is 107 Å². The molecule has 58 heavy (non-hydrogen) atoms. The quantitative estimate of drug-likeness (QED) is 0.0187. The van der Waals surface area contributed by atoms with E-state index in [2.05, 4.69) is 35.5 Å². The van der Waals surface area contributed by atoms with Crippen molar-refractivity contribution in [2.75, 3.05) is 13.2 Å². The molecule has 13 nitrogen and oxygen atoms in total. The fourth-order valence-electron chi connectivity index (χ4n) is 6.89. The number of amides is 1. The van der Waals surface area contributed by atoms with Crippen molar-refractivity contribution < 1.29 is 57.0 Å². The molecule has 1 heterocycles. The zero-order valence-corrected chi connectivity index (χ0v) is 36.5. The molecule has 1 fully saturated rings. The fraction of sp³-hybridized carbons (Fsp3) is 0.841. The first kappa shape index (κ1) is 54.3. The molecule has 0 saturated carbocycles. The summed E-state index contributed by atoms with van der Waals surface area (Å²) in [5.74, 6) is -0.750. The van der Waals surface area contributed by atoms with Crippen LogP contribution in [-0.2, 0) is 28.9 Å². The molecule has 8 unspecified atom stereocenters. The van der Waals surface area contributed by atoms with Crippen LogP contribution in [0.4, 0.5) is 0 Å². The van der Waals surface area contributed by atoms with Crippen molar-refractivity contribution in [2.45, 2.75) is 223 Å². The van der Waals surface area contributed by atoms with E-state index in [0.717, 1.165) is 44.9 Å². The van der Waals surface area contributed by atoms with E-state index >= 15 is 0 Å². The Kier molecular flexibility index (Phi) is 32.7. The maximum atomic E-state index is 13.0. The average Bonchev–Trinajstić information content (AvgIpc) is 3.19. The molecule has 8 atom stereocenters. The van der Waals surface area contributed by atoms with Crippen LogP contribution in [0.25, 0.3) is 0 Å². The summed E-state index contributed by atoms with van der Waals surface area (Å²) in [5.41, 5.74) is 0. The lowest BCUT2D eigenvalue weighted by molar-refractivity contribution is -0.298. The van der Waals surface area contributed by atoms with E-state index in [1.54, 1.807) is 6.08 Å². The standard InChI is InChI=1S/C44H81NO12S/c1-3-5-7-9-11-13-14-15-16-17-18-19-20-21-22-23-24-25-27-28-30-32-37(47)36(45-43(51)38(48)33-31-29-26-12-10-8-6-4-2)35-55-44-41(50)42(57-58(52,53)54)40(49)39(34-46)56-44/h24-26,29-30,32,36-42,44,46-50H,3-23,27-28,31,33-35H2,1-2H3,(H,45,51)(H,52,53,54)/b25-24+,29-26-,32-30+. The van der Waals surface area contributed by atoms with Gasteiger partial charge in [-0.05, 0) is 51.4 Å². The molecule has 340 valence electrons. The molecule has 0 aromatic heterocycles. The maximum Gasteiger partial charge on any atom is 0.397 e. The smallest absolute Gasteiger partial charge is 0.394 e. The third-order valence-corrected chi connectivity index (χ3v) is 11.0. The lowest BCUT2D eigenvalue weighted by atomic mass is 9.99. The molecule has 0 spiro atoms. The summed E-state index contributed by atoms with van der Waals surface area (Å²) >= 11 is 0. The minimum Gasteiger partial charge on any atom is -0.394 e. The number of rotatable bonds is 37. The molecule has 0 aliphatic carbocycles. The van der Waals surface area contributed by atoms with Gasteiger partial charge in [0.2, 0.25) is 5.91 Å². The molecule has 0 radical (unpaired) electrons. The van der Waals surface area contributed by atoms with Crippen molar-refractivity contribution in [3.8, 4) is 0 Å². The third-order valence-electron chi connectivity index (χ3n) is 10.5. The highest BCUT2D eigenvalue weighted by atomic mass is 32.3. The second-order valence-corrected chi connectivity index (χ2v) is 16.8. The average molecular weight is 848 g/mol. The number of aliphatic hydroxyl groups is 5. The van der Waals surface area contributed by atoms with Crippen LogP contribution in [0.15, 0.2) is 36.5 Å². The summed E-state index contributed by atoms with van der Waals surface area (Å²) in [5, 5.41) is 54.9. The Morgan fingerprint density at radius 3 is 1.67 bits per heavy atom. The molecule has 0 aromatic rings. The molecule has 1 rings (SSSR count). The van der Waals surface area contributed by atoms with Gasteiger partial charge in [0, 0.05) is 0 Å². The van der Waals surface area contributed by atoms with Gasteiger partial charge in [-0.15, -0.1) is 0 Å². The number of hydrogen-bond donors (Lipinski definition) is 7. The van der Waals surface area contributed by atoms with E-state index in [1.165, 1.54) is 102 Å². The van der Waals surface area contributed by atoms with E-state index in [4.69, 9.17) is 14.0 Å². The second-order valence-electron chi connectivity index (χ2n) is 15.8. The Balaban J connectivity index is 2.58. The Morgan fingerprint density at radius 2 is 1.16 bits per heavy atom. The highest BCUT2D eigenvalue weighted by Crippen LogP contribution is 2.26. The fourth-order valence-corrected chi connectivity index (χ4v) is 7.40. The van der Waals surface area contributed by atoms with E-state index in [1.807, 2.05) is 12.2 Å². The summed E-state index contributed by atoms with van der Waals surface area (Å²) in [6.45, 7) is 3.11. The lowest BCUT2D eigenvalue weighted by Crippen LogP contribution is -2.61. The largest absolute Gasteiger partial charge is 0.397 e. The van der Waals surface area contributed by atoms with Crippen LogP contribution >= 0.6 is 0 Å². The number of unbranched alkanes of at least 4 members (excludes halogenated alkanes) is 20. The van der Waals surface area contributed by atoms with Gasteiger partial charge in [-0.1, -0.05) is 159 Å². The van der Waals surface area contributed by atoms with E-state index in [0.29, 0.717) is 12.8 Å². The van der Waals surface area contributed by atoms with Crippen molar-refractivity contribution in [2.24, 2.45) is 0 Å². The molecule has 1 aliphatic heterocycles. The highest BCUT2D eigenvalue weighted by molar-refractivity contribution is 7.80. The third kappa shape index (κ3) is 27.2. The number of nitrogens with one attached hydrogen (secondary N) is 1. The Labute approximate surface area is 350 Å². The topological polar surface area (TPSA) is 212 Å². The van der Waals surface area contributed by atoms with E-state index in [9.17, 15) is 38.7 Å². The van der Waals surface area contributed by atoms with Crippen LogP contribution in [0.2, 0.25) is 0 Å². The van der Waals surface area contributed by atoms with Crippen LogP contribution < -0.4 is 5.32 Å². The summed E-state index contributed by atoms with van der Waals surface area (Å²) in [6, 6.07) is -1.15. The molecule has 1 amide bonds. The van der Waals surface area contributed by atoms with Gasteiger partial charge in [0.05, 0.1) is 25.4 Å². The highest BCUT2D eigenvalue weighted by Gasteiger charge is 2.48. The van der Waals surface area contributed by atoms with Crippen molar-refractivity contribution in [3.63, 3.8) is 0 Å². The number of hydrogen-bond acceptors (Lipinski definition) is 11. The van der Waals surface area contributed by atoms with Gasteiger partial charge in [-0.25, -0.2) is 4.18 Å². The molecule has 0 aromatic carbocycles. The number of carbonyl (C=O) groups is 1. The molecule has 1 saturated heterocycles. The number of carbonyl (C=O) groups excluding carboxylic acids is 1. The molecular formula is C44H81NO12S. The van der Waals surface area contributed by atoms with Crippen molar-refractivity contribution in [1.29, 1.82) is 0 Å². The first-order valence-corrected chi connectivity index (χ1v) is 23.8. The molecular weight excluding hydrogens is 767 g/mol. The minimum atomic E-state index is -5.12. The number of ether oxygens (including phenoxy) is 2. The monoisotopic (exact) mass is 848 g/mol. The van der Waals surface area contributed by atoms with Crippen LogP contribution in [0, 0.1) is 0 Å². The van der Waals surface area contributed by atoms with Gasteiger partial charge < -0.3 is 40.3 Å². The zero-order valence-electron chi connectivity index (χ0n) is 35.7.